The molecular formula is C30H51N3O2Si. The summed E-state index contributed by atoms with van der Waals surface area (Å²) in [5.74, 6) is 2.23. The van der Waals surface area contributed by atoms with Crippen molar-refractivity contribution in [3.05, 3.63) is 36.4 Å². The normalized spacial score (nSPS) is 13.3. The first-order valence-corrected chi connectivity index (χ1v) is 16.2. The molecule has 0 fully saturated rings. The van der Waals surface area contributed by atoms with Crippen LogP contribution in [0.2, 0.25) is 6.04 Å². The van der Waals surface area contributed by atoms with Crippen LogP contribution in [0, 0.1) is 11.8 Å². The molecule has 202 valence electrons. The average Bonchev–Trinajstić information content (AvgIpc) is 2.90. The number of ether oxygens (including phenoxy) is 1. The van der Waals surface area contributed by atoms with E-state index in [1.54, 1.807) is 12.4 Å². The Morgan fingerprint density at radius 1 is 0.806 bits per heavy atom. The second-order valence-corrected chi connectivity index (χ2v) is 11.8. The van der Waals surface area contributed by atoms with E-state index in [4.69, 9.17) is 14.1 Å². The molecule has 0 saturated carbocycles. The molecule has 2 rings (SSSR count). The van der Waals surface area contributed by atoms with Gasteiger partial charge in [0.05, 0.1) is 18.1 Å². The number of nitrogens with zero attached hydrogens (tertiary/aromatic N) is 3. The predicted octanol–water partition coefficient (Wildman–Crippen LogP) is 7.58. The van der Waals surface area contributed by atoms with Crippen LogP contribution in [0.15, 0.2) is 30.7 Å². The summed E-state index contributed by atoms with van der Waals surface area (Å²) in [5, 5.41) is 0. The zero-order chi connectivity index (χ0) is 25.8. The van der Waals surface area contributed by atoms with Crippen molar-refractivity contribution < 1.29 is 9.16 Å². The first kappa shape index (κ1) is 30.4. The zero-order valence-electron chi connectivity index (χ0n) is 23.5. The van der Waals surface area contributed by atoms with Gasteiger partial charge in [-0.15, -0.1) is 0 Å². The van der Waals surface area contributed by atoms with Crippen LogP contribution in [0.25, 0.3) is 11.3 Å². The lowest BCUT2D eigenvalue weighted by Gasteiger charge is -2.15. The second-order valence-electron chi connectivity index (χ2n) is 10.5. The van der Waals surface area contributed by atoms with Gasteiger partial charge in [-0.2, -0.15) is 0 Å². The van der Waals surface area contributed by atoms with Crippen LogP contribution in [-0.4, -0.2) is 37.9 Å². The summed E-state index contributed by atoms with van der Waals surface area (Å²) in [6.07, 6.45) is 20.3. The minimum atomic E-state index is -0.648. The second kappa shape index (κ2) is 19.3. The SMILES string of the molecule is CCCCCCOCCCCc1ccc(-c2cncc(O[SiH2]CC(C)CCC(C)CCCC)n2)cn1. The molecule has 0 aliphatic heterocycles. The van der Waals surface area contributed by atoms with Gasteiger partial charge >= 0.3 is 0 Å². The molecule has 6 heteroatoms. The molecule has 5 nitrogen and oxygen atoms in total. The van der Waals surface area contributed by atoms with E-state index in [-0.39, 0.29) is 0 Å². The fraction of sp³-hybridized carbons (Fsp3) is 0.700. The summed E-state index contributed by atoms with van der Waals surface area (Å²) in [7, 11) is -0.648. The topological polar surface area (TPSA) is 57.1 Å². The molecule has 0 aliphatic rings. The molecular weight excluding hydrogens is 462 g/mol. The monoisotopic (exact) mass is 513 g/mol. The maximum absolute atomic E-state index is 6.08. The van der Waals surface area contributed by atoms with E-state index in [9.17, 15) is 0 Å². The van der Waals surface area contributed by atoms with Crippen LogP contribution in [0.4, 0.5) is 0 Å². The highest BCUT2D eigenvalue weighted by Crippen LogP contribution is 2.21. The summed E-state index contributed by atoms with van der Waals surface area (Å²) >= 11 is 0. The fourth-order valence-electron chi connectivity index (χ4n) is 4.30. The minimum Gasteiger partial charge on any atom is -0.535 e. The number of rotatable bonds is 21. The van der Waals surface area contributed by atoms with Crippen molar-refractivity contribution in [2.24, 2.45) is 11.8 Å². The zero-order valence-corrected chi connectivity index (χ0v) is 24.9. The van der Waals surface area contributed by atoms with E-state index < -0.39 is 9.76 Å². The maximum Gasteiger partial charge on any atom is 0.221 e. The lowest BCUT2D eigenvalue weighted by atomic mass is 9.95. The summed E-state index contributed by atoms with van der Waals surface area (Å²) < 4.78 is 11.8. The first-order chi connectivity index (χ1) is 17.6. The lowest BCUT2D eigenvalue weighted by Crippen LogP contribution is -2.09. The van der Waals surface area contributed by atoms with Gasteiger partial charge in [0, 0.05) is 30.7 Å². The van der Waals surface area contributed by atoms with Crippen molar-refractivity contribution >= 4 is 9.76 Å². The summed E-state index contributed by atoms with van der Waals surface area (Å²) in [6.45, 7) is 11.0. The summed E-state index contributed by atoms with van der Waals surface area (Å²) in [4.78, 5) is 13.7. The molecule has 2 unspecified atom stereocenters. The molecule has 0 saturated heterocycles. The number of aromatic nitrogens is 3. The van der Waals surface area contributed by atoms with Crippen LogP contribution in [0.3, 0.4) is 0 Å². The third kappa shape index (κ3) is 13.5. The molecule has 0 aromatic carbocycles. The van der Waals surface area contributed by atoms with Crippen LogP contribution in [0.5, 0.6) is 5.88 Å². The average molecular weight is 514 g/mol. The van der Waals surface area contributed by atoms with Gasteiger partial charge in [0.15, 0.2) is 0 Å². The Morgan fingerprint density at radius 2 is 1.58 bits per heavy atom. The van der Waals surface area contributed by atoms with Crippen LogP contribution in [-0.2, 0) is 11.2 Å². The third-order valence-electron chi connectivity index (χ3n) is 6.91. The van der Waals surface area contributed by atoms with Crippen LogP contribution < -0.4 is 4.43 Å². The van der Waals surface area contributed by atoms with Crippen molar-refractivity contribution in [1.82, 2.24) is 15.0 Å². The largest absolute Gasteiger partial charge is 0.535 e. The number of unbranched alkanes of at least 4 members (excludes halogenated alkanes) is 5. The number of hydrogen-bond acceptors (Lipinski definition) is 5. The van der Waals surface area contributed by atoms with E-state index in [1.165, 1.54) is 63.8 Å². The Morgan fingerprint density at radius 3 is 2.33 bits per heavy atom. The molecule has 36 heavy (non-hydrogen) atoms. The summed E-state index contributed by atoms with van der Waals surface area (Å²) in [5.41, 5.74) is 2.94. The van der Waals surface area contributed by atoms with E-state index in [2.05, 4.69) is 49.8 Å². The Hall–Kier alpha value is -1.79. The highest BCUT2D eigenvalue weighted by molar-refractivity contribution is 6.28. The molecule has 2 heterocycles. The highest BCUT2D eigenvalue weighted by Gasteiger charge is 2.09. The van der Waals surface area contributed by atoms with Crippen molar-refractivity contribution in [2.75, 3.05) is 13.2 Å². The van der Waals surface area contributed by atoms with Gasteiger partial charge in [-0.3, -0.25) is 9.97 Å². The molecule has 2 atom stereocenters. The molecule has 0 spiro atoms. The van der Waals surface area contributed by atoms with Gasteiger partial charge in [0.1, 0.15) is 0 Å². The van der Waals surface area contributed by atoms with Crippen molar-refractivity contribution in [3.63, 3.8) is 0 Å². The van der Waals surface area contributed by atoms with Gasteiger partial charge in [0.25, 0.3) is 0 Å². The number of aryl methyl sites for hydroxylation is 1. The molecule has 0 amide bonds. The van der Waals surface area contributed by atoms with E-state index >= 15 is 0 Å². The predicted molar refractivity (Wildman–Crippen MR) is 154 cm³/mol. The smallest absolute Gasteiger partial charge is 0.221 e. The van der Waals surface area contributed by atoms with Crippen molar-refractivity contribution in [1.29, 1.82) is 0 Å². The highest BCUT2D eigenvalue weighted by atomic mass is 28.2. The quantitative estimate of drug-likeness (QED) is 0.127. The number of pyridine rings is 1. The van der Waals surface area contributed by atoms with Gasteiger partial charge in [0.2, 0.25) is 15.6 Å². The molecule has 0 aliphatic carbocycles. The van der Waals surface area contributed by atoms with E-state index in [0.717, 1.165) is 61.3 Å². The third-order valence-corrected chi connectivity index (χ3v) is 8.63. The standard InChI is InChI=1S/C30H51N3O2Si/c1-5-7-9-11-19-34-20-12-10-14-28-18-17-27(21-32-28)29-22-31-23-30(33-29)35-36-24-26(4)16-15-25(3)13-8-6-2/h17-18,21-23,25-26H,5-16,19-20,24,36H2,1-4H3. The first-order valence-electron chi connectivity index (χ1n) is 14.6. The van der Waals surface area contributed by atoms with Gasteiger partial charge in [-0.05, 0) is 55.7 Å². The minimum absolute atomic E-state index is 0.648. The van der Waals surface area contributed by atoms with Crippen molar-refractivity contribution in [3.8, 4) is 17.1 Å². The Balaban J connectivity index is 1.66. The van der Waals surface area contributed by atoms with Gasteiger partial charge < -0.3 is 9.16 Å². The molecule has 2 aromatic heterocycles. The lowest BCUT2D eigenvalue weighted by molar-refractivity contribution is 0.126. The number of hydrogen-bond donors (Lipinski definition) is 0. The molecule has 0 N–H and O–H groups in total. The van der Waals surface area contributed by atoms with Gasteiger partial charge in [-0.25, -0.2) is 4.98 Å². The van der Waals surface area contributed by atoms with Gasteiger partial charge in [-0.1, -0.05) is 79.1 Å². The Bertz CT molecular complexity index is 803. The van der Waals surface area contributed by atoms with Crippen molar-refractivity contribution in [2.45, 2.75) is 111 Å². The molecule has 0 bridgehead atoms. The molecule has 0 radical (unpaired) electrons. The molecule has 2 aromatic rings. The Labute approximate surface area is 223 Å². The van der Waals surface area contributed by atoms with E-state index in [0.29, 0.717) is 5.88 Å². The summed E-state index contributed by atoms with van der Waals surface area (Å²) in [6, 6.07) is 5.39. The fourth-order valence-corrected chi connectivity index (χ4v) is 5.46. The Kier molecular flexibility index (Phi) is 16.3. The van der Waals surface area contributed by atoms with E-state index in [1.807, 2.05) is 6.20 Å². The van der Waals surface area contributed by atoms with Crippen LogP contribution >= 0.6 is 0 Å². The maximum atomic E-state index is 6.08. The van der Waals surface area contributed by atoms with Crippen LogP contribution in [0.1, 0.15) is 104 Å².